The third-order valence-corrected chi connectivity index (χ3v) is 3.12. The number of amides is 1. The van der Waals surface area contributed by atoms with E-state index >= 15 is 0 Å². The van der Waals surface area contributed by atoms with Gasteiger partial charge in [-0.2, -0.15) is 13.2 Å². The van der Waals surface area contributed by atoms with Crippen molar-refractivity contribution in [2.75, 3.05) is 31.1 Å². The summed E-state index contributed by atoms with van der Waals surface area (Å²) in [7, 11) is 0. The van der Waals surface area contributed by atoms with Crippen LogP contribution in [0.3, 0.4) is 0 Å². The van der Waals surface area contributed by atoms with Gasteiger partial charge in [0.1, 0.15) is 5.69 Å². The summed E-state index contributed by atoms with van der Waals surface area (Å²) in [5.74, 6) is -0.146. The number of hydrogen-bond acceptors (Lipinski definition) is 4. The first-order valence-electron chi connectivity index (χ1n) is 6.50. The molecule has 1 unspecified atom stereocenters. The highest BCUT2D eigenvalue weighted by molar-refractivity contribution is 5.72. The predicted molar refractivity (Wildman–Crippen MR) is 69.9 cm³/mol. The van der Waals surface area contributed by atoms with Crippen molar-refractivity contribution in [1.29, 1.82) is 0 Å². The fourth-order valence-corrected chi connectivity index (χ4v) is 2.08. The highest BCUT2D eigenvalue weighted by Gasteiger charge is 2.32. The van der Waals surface area contributed by atoms with E-state index in [-0.39, 0.29) is 12.0 Å². The molecule has 1 aromatic heterocycles. The van der Waals surface area contributed by atoms with Crippen LogP contribution in [0.2, 0.25) is 0 Å². The molecule has 21 heavy (non-hydrogen) atoms. The number of alkyl halides is 3. The molecule has 8 heteroatoms. The Morgan fingerprint density at radius 2 is 2.29 bits per heavy atom. The molecule has 0 bridgehead atoms. The molecular weight excluding hydrogens is 287 g/mol. The Morgan fingerprint density at radius 3 is 2.86 bits per heavy atom. The molecule has 0 aromatic carbocycles. The third kappa shape index (κ3) is 4.32. The quantitative estimate of drug-likeness (QED) is 0.918. The zero-order valence-electron chi connectivity index (χ0n) is 11.5. The number of rotatable bonds is 3. The lowest BCUT2D eigenvalue weighted by molar-refractivity contribution is -0.141. The number of aromatic nitrogens is 1. The zero-order valence-corrected chi connectivity index (χ0v) is 11.5. The maximum atomic E-state index is 12.5. The van der Waals surface area contributed by atoms with Gasteiger partial charge in [0, 0.05) is 26.6 Å². The number of hydrogen-bond donors (Lipinski definition) is 1. The Bertz CT molecular complexity index is 490. The van der Waals surface area contributed by atoms with Crippen molar-refractivity contribution < 1.29 is 22.7 Å². The molecule has 1 atom stereocenters. The smallest absolute Gasteiger partial charge is 0.373 e. The molecule has 0 saturated carbocycles. The molecule has 2 rings (SSSR count). The van der Waals surface area contributed by atoms with Crippen molar-refractivity contribution >= 4 is 11.6 Å². The summed E-state index contributed by atoms with van der Waals surface area (Å²) in [5.41, 5.74) is -0.298. The number of morpholine rings is 1. The molecule has 0 radical (unpaired) electrons. The van der Waals surface area contributed by atoms with Gasteiger partial charge in [-0.05, 0) is 12.1 Å². The highest BCUT2D eigenvalue weighted by Crippen LogP contribution is 2.28. The van der Waals surface area contributed by atoms with Crippen LogP contribution in [0.4, 0.5) is 18.9 Å². The minimum atomic E-state index is -4.43. The Hall–Kier alpha value is -1.83. The van der Waals surface area contributed by atoms with E-state index in [0.29, 0.717) is 31.9 Å². The van der Waals surface area contributed by atoms with E-state index in [4.69, 9.17) is 4.74 Å². The van der Waals surface area contributed by atoms with Crippen molar-refractivity contribution in [3.05, 3.63) is 24.0 Å². The van der Waals surface area contributed by atoms with Crippen molar-refractivity contribution in [3.8, 4) is 0 Å². The second-order valence-electron chi connectivity index (χ2n) is 4.78. The maximum absolute atomic E-state index is 12.5. The van der Waals surface area contributed by atoms with Gasteiger partial charge < -0.3 is 15.0 Å². The fraction of sp³-hybridized carbons (Fsp3) is 0.538. The minimum absolute atomic E-state index is 0.146. The lowest BCUT2D eigenvalue weighted by Gasteiger charge is -2.34. The summed E-state index contributed by atoms with van der Waals surface area (Å²) < 4.78 is 42.9. The van der Waals surface area contributed by atoms with Crippen LogP contribution in [0.5, 0.6) is 0 Å². The molecule has 2 heterocycles. The lowest BCUT2D eigenvalue weighted by atomic mass is 10.2. The van der Waals surface area contributed by atoms with Gasteiger partial charge in [-0.15, -0.1) is 0 Å². The topological polar surface area (TPSA) is 54.5 Å². The van der Waals surface area contributed by atoms with Crippen LogP contribution < -0.4 is 10.2 Å². The molecule has 1 saturated heterocycles. The van der Waals surface area contributed by atoms with Crippen molar-refractivity contribution in [3.63, 3.8) is 0 Å². The molecular formula is C13H16F3N3O2. The number of carbonyl (C=O) groups is 1. The average Bonchev–Trinajstić information content (AvgIpc) is 2.45. The monoisotopic (exact) mass is 303 g/mol. The van der Waals surface area contributed by atoms with Gasteiger partial charge in [0.2, 0.25) is 5.91 Å². The van der Waals surface area contributed by atoms with E-state index in [9.17, 15) is 18.0 Å². The first kappa shape index (κ1) is 15.6. The summed E-state index contributed by atoms with van der Waals surface area (Å²) in [6.45, 7) is 3.31. The van der Waals surface area contributed by atoms with Crippen LogP contribution in [0, 0.1) is 0 Å². The molecule has 116 valence electrons. The molecule has 1 fully saturated rings. The minimum Gasteiger partial charge on any atom is -0.373 e. The Morgan fingerprint density at radius 1 is 1.52 bits per heavy atom. The van der Waals surface area contributed by atoms with Crippen LogP contribution in [-0.2, 0) is 15.7 Å². The molecule has 1 aromatic rings. The Balaban J connectivity index is 1.99. The molecule has 1 aliphatic rings. The summed E-state index contributed by atoms with van der Waals surface area (Å²) in [4.78, 5) is 16.2. The molecule has 1 N–H and O–H groups in total. The third-order valence-electron chi connectivity index (χ3n) is 3.12. The van der Waals surface area contributed by atoms with Gasteiger partial charge in [-0.1, -0.05) is 0 Å². The first-order valence-corrected chi connectivity index (χ1v) is 6.50. The van der Waals surface area contributed by atoms with E-state index < -0.39 is 11.9 Å². The van der Waals surface area contributed by atoms with Crippen LogP contribution in [0.25, 0.3) is 0 Å². The van der Waals surface area contributed by atoms with Crippen LogP contribution in [0.15, 0.2) is 18.3 Å². The van der Waals surface area contributed by atoms with E-state index in [0.717, 1.165) is 6.07 Å². The second-order valence-corrected chi connectivity index (χ2v) is 4.78. The SMILES string of the molecule is CC(=O)NCC1CN(c2ccc(C(F)(F)F)nc2)CCO1. The molecule has 0 spiro atoms. The predicted octanol–water partition coefficient (Wildman–Crippen LogP) is 1.44. The zero-order chi connectivity index (χ0) is 15.5. The van der Waals surface area contributed by atoms with Crippen LogP contribution >= 0.6 is 0 Å². The van der Waals surface area contributed by atoms with Crippen molar-refractivity contribution in [2.24, 2.45) is 0 Å². The van der Waals surface area contributed by atoms with Gasteiger partial charge in [0.25, 0.3) is 0 Å². The van der Waals surface area contributed by atoms with Crippen LogP contribution in [-0.4, -0.2) is 43.2 Å². The number of pyridine rings is 1. The maximum Gasteiger partial charge on any atom is 0.433 e. The van der Waals surface area contributed by atoms with Gasteiger partial charge in [-0.3, -0.25) is 4.79 Å². The molecule has 1 aliphatic heterocycles. The summed E-state index contributed by atoms with van der Waals surface area (Å²) >= 11 is 0. The Kier molecular flexibility index (Phi) is 4.66. The molecule has 5 nitrogen and oxygen atoms in total. The van der Waals surface area contributed by atoms with Crippen LogP contribution in [0.1, 0.15) is 12.6 Å². The largest absolute Gasteiger partial charge is 0.433 e. The van der Waals surface area contributed by atoms with Gasteiger partial charge in [0.05, 0.1) is 24.6 Å². The number of carbonyl (C=O) groups excluding carboxylic acids is 1. The second kappa shape index (κ2) is 6.30. The molecule has 0 aliphatic carbocycles. The van der Waals surface area contributed by atoms with Crippen molar-refractivity contribution in [1.82, 2.24) is 10.3 Å². The number of nitrogens with zero attached hydrogens (tertiary/aromatic N) is 2. The first-order chi connectivity index (χ1) is 9.86. The van der Waals surface area contributed by atoms with E-state index in [1.807, 2.05) is 4.90 Å². The standard InChI is InChI=1S/C13H16F3N3O2/c1-9(20)17-7-11-8-19(4-5-21-11)10-2-3-12(18-6-10)13(14,15)16/h2-3,6,11H,4-5,7-8H2,1H3,(H,17,20). The normalized spacial score (nSPS) is 19.4. The number of nitrogens with one attached hydrogen (secondary N) is 1. The number of halogens is 3. The fourth-order valence-electron chi connectivity index (χ4n) is 2.08. The lowest BCUT2D eigenvalue weighted by Crippen LogP contribution is -2.47. The average molecular weight is 303 g/mol. The van der Waals surface area contributed by atoms with E-state index in [2.05, 4.69) is 10.3 Å². The Labute approximate surface area is 120 Å². The summed E-state index contributed by atoms with van der Waals surface area (Å²) in [6, 6.07) is 2.37. The summed E-state index contributed by atoms with van der Waals surface area (Å²) in [6.07, 6.45) is -3.41. The van der Waals surface area contributed by atoms with E-state index in [1.165, 1.54) is 19.2 Å². The van der Waals surface area contributed by atoms with Gasteiger partial charge in [-0.25, -0.2) is 4.98 Å². The number of anilines is 1. The summed E-state index contributed by atoms with van der Waals surface area (Å²) in [5, 5.41) is 2.66. The van der Waals surface area contributed by atoms with Crippen molar-refractivity contribution in [2.45, 2.75) is 19.2 Å². The van der Waals surface area contributed by atoms with Gasteiger partial charge in [0.15, 0.2) is 0 Å². The van der Waals surface area contributed by atoms with Gasteiger partial charge >= 0.3 is 6.18 Å². The highest BCUT2D eigenvalue weighted by atomic mass is 19.4. The number of ether oxygens (including phenoxy) is 1. The molecule has 1 amide bonds. The van der Waals surface area contributed by atoms with E-state index in [1.54, 1.807) is 0 Å².